The van der Waals surface area contributed by atoms with Gasteiger partial charge in [-0.2, -0.15) is 0 Å². The van der Waals surface area contributed by atoms with E-state index in [1.807, 2.05) is 19.9 Å². The van der Waals surface area contributed by atoms with Gasteiger partial charge in [0, 0.05) is 5.46 Å². The van der Waals surface area contributed by atoms with Gasteiger partial charge in [0.25, 0.3) is 0 Å². The number of benzene rings is 1. The van der Waals surface area contributed by atoms with E-state index in [0.717, 1.165) is 11.1 Å². The van der Waals surface area contributed by atoms with Crippen LogP contribution in [-0.4, -0.2) is 24.3 Å². The molecule has 0 aliphatic heterocycles. The summed E-state index contributed by atoms with van der Waals surface area (Å²) in [6, 6.07) is 3.67. The predicted molar refractivity (Wildman–Crippen MR) is 52.3 cm³/mol. The summed E-state index contributed by atoms with van der Waals surface area (Å²) < 4.78 is 5.05. The normalized spacial score (nSPS) is 9.92. The molecule has 0 aromatic heterocycles. The lowest BCUT2D eigenvalue weighted by Gasteiger charge is -2.11. The van der Waals surface area contributed by atoms with Gasteiger partial charge in [-0.3, -0.25) is 0 Å². The highest BCUT2D eigenvalue weighted by molar-refractivity contribution is 6.60. The van der Waals surface area contributed by atoms with Crippen molar-refractivity contribution in [1.29, 1.82) is 0 Å². The van der Waals surface area contributed by atoms with Crippen molar-refractivity contribution in [2.75, 3.05) is 7.11 Å². The molecule has 70 valence electrons. The quantitative estimate of drug-likeness (QED) is 0.629. The van der Waals surface area contributed by atoms with Gasteiger partial charge in [0.15, 0.2) is 0 Å². The fourth-order valence-corrected chi connectivity index (χ4v) is 1.44. The zero-order chi connectivity index (χ0) is 10.0. The van der Waals surface area contributed by atoms with Crippen molar-refractivity contribution in [1.82, 2.24) is 0 Å². The van der Waals surface area contributed by atoms with Crippen molar-refractivity contribution in [2.24, 2.45) is 0 Å². The van der Waals surface area contributed by atoms with Gasteiger partial charge in [0.1, 0.15) is 5.75 Å². The zero-order valence-electron chi connectivity index (χ0n) is 8.03. The first kappa shape index (κ1) is 10.1. The highest BCUT2D eigenvalue weighted by Crippen LogP contribution is 2.13. The van der Waals surface area contributed by atoms with Crippen molar-refractivity contribution in [3.63, 3.8) is 0 Å². The van der Waals surface area contributed by atoms with Crippen LogP contribution in [0.2, 0.25) is 0 Å². The maximum atomic E-state index is 9.08. The van der Waals surface area contributed by atoms with Gasteiger partial charge < -0.3 is 14.8 Å². The molecule has 0 bridgehead atoms. The van der Waals surface area contributed by atoms with Crippen molar-refractivity contribution >= 4 is 12.6 Å². The van der Waals surface area contributed by atoms with Crippen LogP contribution in [0.25, 0.3) is 0 Å². The summed E-state index contributed by atoms with van der Waals surface area (Å²) in [6.07, 6.45) is 0. The largest absolute Gasteiger partial charge is 0.497 e. The molecule has 0 spiro atoms. The summed E-state index contributed by atoms with van der Waals surface area (Å²) in [7, 11) is 0.0376. The molecule has 3 nitrogen and oxygen atoms in total. The minimum Gasteiger partial charge on any atom is -0.497 e. The highest BCUT2D eigenvalue weighted by atomic mass is 16.5. The molecular formula is C9H13BO3. The van der Waals surface area contributed by atoms with E-state index in [9.17, 15) is 0 Å². The Morgan fingerprint density at radius 3 is 2.31 bits per heavy atom. The topological polar surface area (TPSA) is 49.7 Å². The Hall–Kier alpha value is -0.995. The fourth-order valence-electron chi connectivity index (χ4n) is 1.44. The number of hydrogen-bond acceptors (Lipinski definition) is 3. The summed E-state index contributed by atoms with van der Waals surface area (Å²) in [6.45, 7) is 3.76. The van der Waals surface area contributed by atoms with Gasteiger partial charge in [0.2, 0.25) is 0 Å². The molecule has 0 aliphatic rings. The van der Waals surface area contributed by atoms with Crippen molar-refractivity contribution in [3.05, 3.63) is 23.3 Å². The Morgan fingerprint density at radius 2 is 1.85 bits per heavy atom. The van der Waals surface area contributed by atoms with Crippen LogP contribution < -0.4 is 10.2 Å². The molecule has 1 aromatic rings. The van der Waals surface area contributed by atoms with Gasteiger partial charge in [-0.25, -0.2) is 0 Å². The van der Waals surface area contributed by atoms with E-state index in [2.05, 4.69) is 0 Å². The third-order valence-corrected chi connectivity index (χ3v) is 1.97. The lowest BCUT2D eigenvalue weighted by atomic mass is 9.76. The molecule has 13 heavy (non-hydrogen) atoms. The molecule has 0 aliphatic carbocycles. The van der Waals surface area contributed by atoms with E-state index in [1.165, 1.54) is 7.11 Å². The van der Waals surface area contributed by atoms with Crippen LogP contribution in [-0.2, 0) is 0 Å². The first-order valence-electron chi connectivity index (χ1n) is 4.07. The van der Waals surface area contributed by atoms with Crippen LogP contribution in [0.15, 0.2) is 12.1 Å². The van der Waals surface area contributed by atoms with Crippen LogP contribution in [0, 0.1) is 13.8 Å². The third-order valence-electron chi connectivity index (χ3n) is 1.97. The summed E-state index contributed by atoms with van der Waals surface area (Å²) >= 11 is 0. The SMILES string of the molecule is COc1cc(C)cc(C)c1B(O)O. The smallest absolute Gasteiger partial charge is 0.492 e. The van der Waals surface area contributed by atoms with E-state index in [4.69, 9.17) is 14.8 Å². The maximum Gasteiger partial charge on any atom is 0.492 e. The Balaban J connectivity index is 3.30. The van der Waals surface area contributed by atoms with Crippen molar-refractivity contribution in [2.45, 2.75) is 13.8 Å². The minimum atomic E-state index is -1.48. The predicted octanol–water partition coefficient (Wildman–Crippen LogP) is -0.00816. The molecule has 0 amide bonds. The second-order valence-electron chi connectivity index (χ2n) is 3.07. The first-order chi connectivity index (χ1) is 6.06. The molecule has 0 atom stereocenters. The van der Waals surface area contributed by atoms with Gasteiger partial charge in [-0.15, -0.1) is 0 Å². The molecule has 1 rings (SSSR count). The van der Waals surface area contributed by atoms with Gasteiger partial charge >= 0.3 is 7.12 Å². The van der Waals surface area contributed by atoms with Crippen molar-refractivity contribution in [3.8, 4) is 5.75 Å². The fraction of sp³-hybridized carbons (Fsp3) is 0.333. The Bertz CT molecular complexity index is 310. The molecular weight excluding hydrogens is 167 g/mol. The molecule has 0 saturated carbocycles. The van der Waals surface area contributed by atoms with Crippen molar-refractivity contribution < 1.29 is 14.8 Å². The summed E-state index contributed by atoms with van der Waals surface area (Å²) in [4.78, 5) is 0. The number of hydrogen-bond donors (Lipinski definition) is 2. The van der Waals surface area contributed by atoms with Crippen LogP contribution in [0.3, 0.4) is 0 Å². The molecule has 1 aromatic carbocycles. The second-order valence-corrected chi connectivity index (χ2v) is 3.07. The van der Waals surface area contributed by atoms with E-state index in [0.29, 0.717) is 11.2 Å². The molecule has 0 unspecified atom stereocenters. The number of rotatable bonds is 2. The minimum absolute atomic E-state index is 0.438. The van der Waals surface area contributed by atoms with Crippen LogP contribution in [0.5, 0.6) is 5.75 Å². The Morgan fingerprint density at radius 1 is 1.23 bits per heavy atom. The standard InChI is InChI=1S/C9H13BO3/c1-6-4-7(2)9(10(11)12)8(5-6)13-3/h4-5,11-12H,1-3H3. The van der Waals surface area contributed by atoms with Crippen LogP contribution in [0.1, 0.15) is 11.1 Å². The molecule has 0 saturated heterocycles. The average Bonchev–Trinajstić information content (AvgIpc) is 2.01. The molecule has 0 radical (unpaired) electrons. The number of ether oxygens (including phenoxy) is 1. The van der Waals surface area contributed by atoms with Crippen LogP contribution in [0.4, 0.5) is 0 Å². The lowest BCUT2D eigenvalue weighted by Crippen LogP contribution is -2.33. The van der Waals surface area contributed by atoms with Gasteiger partial charge in [0.05, 0.1) is 7.11 Å². The third kappa shape index (κ3) is 2.02. The van der Waals surface area contributed by atoms with Gasteiger partial charge in [-0.1, -0.05) is 6.07 Å². The van der Waals surface area contributed by atoms with E-state index >= 15 is 0 Å². The van der Waals surface area contributed by atoms with E-state index < -0.39 is 7.12 Å². The average molecular weight is 180 g/mol. The van der Waals surface area contributed by atoms with Crippen LogP contribution >= 0.6 is 0 Å². The molecule has 4 heteroatoms. The lowest BCUT2D eigenvalue weighted by molar-refractivity contribution is 0.402. The molecule has 2 N–H and O–H groups in total. The molecule has 0 fully saturated rings. The number of aryl methyl sites for hydroxylation is 2. The maximum absolute atomic E-state index is 9.08. The zero-order valence-corrected chi connectivity index (χ0v) is 8.03. The summed E-state index contributed by atoms with van der Waals surface area (Å²) in [5.41, 5.74) is 2.30. The number of methoxy groups -OCH3 is 1. The van der Waals surface area contributed by atoms with E-state index in [-0.39, 0.29) is 0 Å². The second kappa shape index (κ2) is 3.81. The summed E-state index contributed by atoms with van der Waals surface area (Å²) in [5, 5.41) is 18.2. The Kier molecular flexibility index (Phi) is 2.96. The summed E-state index contributed by atoms with van der Waals surface area (Å²) in [5.74, 6) is 0.521. The molecule has 0 heterocycles. The highest BCUT2D eigenvalue weighted by Gasteiger charge is 2.19. The van der Waals surface area contributed by atoms with Gasteiger partial charge in [-0.05, 0) is 31.0 Å². The Labute approximate surface area is 78.1 Å². The van der Waals surface area contributed by atoms with E-state index in [1.54, 1.807) is 6.07 Å². The monoisotopic (exact) mass is 180 g/mol. The first-order valence-corrected chi connectivity index (χ1v) is 4.07.